The highest BCUT2D eigenvalue weighted by Crippen LogP contribution is 2.23. The van der Waals surface area contributed by atoms with E-state index in [1.54, 1.807) is 22.7 Å². The van der Waals surface area contributed by atoms with E-state index in [4.69, 9.17) is 9.47 Å². The predicted octanol–water partition coefficient (Wildman–Crippen LogP) is 7.61. The van der Waals surface area contributed by atoms with Crippen LogP contribution in [0.1, 0.15) is 44.2 Å². The summed E-state index contributed by atoms with van der Waals surface area (Å²) in [6.45, 7) is 10.7. The molecule has 0 amide bonds. The first-order valence-corrected chi connectivity index (χ1v) is 19.1. The van der Waals surface area contributed by atoms with Gasteiger partial charge in [0.1, 0.15) is 0 Å². The van der Waals surface area contributed by atoms with Gasteiger partial charge in [0.05, 0.1) is 13.2 Å². The lowest BCUT2D eigenvalue weighted by Gasteiger charge is -2.20. The third kappa shape index (κ3) is 12.2. The van der Waals surface area contributed by atoms with Gasteiger partial charge >= 0.3 is 0 Å². The number of hydrogen-bond acceptors (Lipinski definition) is 8. The maximum atomic E-state index is 5.83. The normalized spacial score (nSPS) is 18.8. The Morgan fingerprint density at radius 1 is 0.638 bits per heavy atom. The lowest BCUT2D eigenvalue weighted by molar-refractivity contribution is 0.125. The molecular weight excluding hydrogens is 621 g/mol. The van der Waals surface area contributed by atoms with E-state index in [2.05, 4.69) is 107 Å². The minimum Gasteiger partial charge on any atom is -0.381 e. The molecule has 4 aromatic rings. The molecule has 2 fully saturated rings. The molecule has 6 nitrogen and oxygen atoms in total. The molecule has 2 unspecified atom stereocenters. The third-order valence-corrected chi connectivity index (χ3v) is 11.4. The molecule has 6 rings (SSSR count). The fourth-order valence-electron chi connectivity index (χ4n) is 6.58. The fourth-order valence-corrected chi connectivity index (χ4v) is 8.12. The van der Waals surface area contributed by atoms with Crippen LogP contribution in [0.25, 0.3) is 20.2 Å². The van der Waals surface area contributed by atoms with Crippen LogP contribution in [-0.4, -0.2) is 126 Å². The van der Waals surface area contributed by atoms with Gasteiger partial charge in [0, 0.05) is 60.9 Å². The van der Waals surface area contributed by atoms with Crippen molar-refractivity contribution in [1.29, 1.82) is 0 Å². The van der Waals surface area contributed by atoms with E-state index in [1.807, 2.05) is 0 Å². The lowest BCUT2D eigenvalue weighted by atomic mass is 10.1. The Hall–Kier alpha value is -1.88. The van der Waals surface area contributed by atoms with E-state index in [-0.39, 0.29) is 7.43 Å². The summed E-state index contributed by atoms with van der Waals surface area (Å²) in [5.74, 6) is 0. The lowest BCUT2D eigenvalue weighted by Crippen LogP contribution is -2.32. The highest BCUT2D eigenvalue weighted by molar-refractivity contribution is 7.17. The van der Waals surface area contributed by atoms with Crippen molar-refractivity contribution in [2.75, 3.05) is 93.9 Å². The monoisotopic (exact) mass is 680 g/mol. The third-order valence-electron chi connectivity index (χ3n) is 9.59. The van der Waals surface area contributed by atoms with Crippen molar-refractivity contribution in [3.05, 3.63) is 70.4 Å². The van der Waals surface area contributed by atoms with E-state index in [0.717, 1.165) is 64.2 Å². The van der Waals surface area contributed by atoms with Crippen molar-refractivity contribution in [1.82, 2.24) is 19.6 Å². The Morgan fingerprint density at radius 2 is 1.09 bits per heavy atom. The molecule has 2 aliphatic rings. The summed E-state index contributed by atoms with van der Waals surface area (Å²) in [5.41, 5.74) is 2.76. The fraction of sp³-hybridized carbons (Fsp3) is 0.590. The van der Waals surface area contributed by atoms with Crippen LogP contribution in [-0.2, 0) is 22.3 Å². The van der Waals surface area contributed by atoms with Crippen LogP contribution < -0.4 is 0 Å². The molecule has 0 spiro atoms. The standard InChI is InChI=1S/2C19H28N2OS.CH4/c2*1-20(2)18-6-10-21(15-18)9-3-11-22-12-7-16-4-5-19-17(14-16)8-13-23-19;/h2*4-5,8,13-14,18H,3,6-7,9-12,15H2,1-2H3;1H4. The van der Waals surface area contributed by atoms with E-state index >= 15 is 0 Å². The molecule has 0 aliphatic carbocycles. The van der Waals surface area contributed by atoms with Crippen LogP contribution in [0.4, 0.5) is 0 Å². The minimum absolute atomic E-state index is 0. The largest absolute Gasteiger partial charge is 0.381 e. The highest BCUT2D eigenvalue weighted by atomic mass is 32.1. The minimum atomic E-state index is 0. The second kappa shape index (κ2) is 20.0. The number of fused-ring (bicyclic) bond motifs is 2. The Labute approximate surface area is 293 Å². The number of nitrogens with zero attached hydrogens (tertiary/aromatic N) is 4. The number of rotatable bonds is 16. The zero-order valence-electron chi connectivity index (χ0n) is 28.7. The predicted molar refractivity (Wildman–Crippen MR) is 206 cm³/mol. The quantitative estimate of drug-likeness (QED) is 0.113. The smallest absolute Gasteiger partial charge is 0.0506 e. The van der Waals surface area contributed by atoms with Crippen molar-refractivity contribution >= 4 is 42.8 Å². The molecule has 0 N–H and O–H groups in total. The number of hydrogen-bond donors (Lipinski definition) is 0. The summed E-state index contributed by atoms with van der Waals surface area (Å²) in [6.07, 6.45) is 6.92. The summed E-state index contributed by atoms with van der Waals surface area (Å²) < 4.78 is 14.4. The van der Waals surface area contributed by atoms with Gasteiger partial charge in [-0.05, 0) is 137 Å². The van der Waals surface area contributed by atoms with Gasteiger partial charge in [-0.15, -0.1) is 22.7 Å². The topological polar surface area (TPSA) is 31.4 Å². The molecule has 4 heterocycles. The first-order valence-electron chi connectivity index (χ1n) is 17.3. The SMILES string of the molecule is C.CN(C)C1CCN(CCCOCCc2ccc3sccc3c2)C1.CN(C)C1CCN(CCCOCCc2ccc3sccc3c2)C1. The number of likely N-dealkylation sites (tertiary alicyclic amines) is 2. The van der Waals surface area contributed by atoms with Crippen molar-refractivity contribution in [2.45, 2.75) is 58.0 Å². The number of thiophene rings is 2. The molecular formula is C39H60N4O2S2. The van der Waals surface area contributed by atoms with Crippen LogP contribution >= 0.6 is 22.7 Å². The highest BCUT2D eigenvalue weighted by Gasteiger charge is 2.24. The molecule has 8 heteroatoms. The summed E-state index contributed by atoms with van der Waals surface area (Å²) in [4.78, 5) is 9.83. The Bertz CT molecular complexity index is 1330. The maximum absolute atomic E-state index is 5.83. The van der Waals surface area contributed by atoms with E-state index < -0.39 is 0 Å². The molecule has 0 saturated carbocycles. The van der Waals surface area contributed by atoms with Gasteiger partial charge in [-0.25, -0.2) is 0 Å². The van der Waals surface area contributed by atoms with Crippen molar-refractivity contribution in [2.24, 2.45) is 0 Å². The molecule has 0 bridgehead atoms. The van der Waals surface area contributed by atoms with Crippen LogP contribution in [0, 0.1) is 0 Å². The Balaban J connectivity index is 0.000000208. The summed E-state index contributed by atoms with van der Waals surface area (Å²) in [5, 5.41) is 7.03. The Kier molecular flexibility index (Phi) is 16.1. The van der Waals surface area contributed by atoms with Crippen LogP contribution in [0.5, 0.6) is 0 Å². The van der Waals surface area contributed by atoms with Crippen LogP contribution in [0.2, 0.25) is 0 Å². The molecule has 2 atom stereocenters. The zero-order valence-corrected chi connectivity index (χ0v) is 30.3. The number of ether oxygens (including phenoxy) is 2. The maximum Gasteiger partial charge on any atom is 0.0506 e. The average Bonchev–Trinajstić information content (AvgIpc) is 3.87. The van der Waals surface area contributed by atoms with Crippen LogP contribution in [0.15, 0.2) is 59.3 Å². The molecule has 260 valence electrons. The van der Waals surface area contributed by atoms with Gasteiger partial charge in [0.15, 0.2) is 0 Å². The van der Waals surface area contributed by atoms with Crippen molar-refractivity contribution < 1.29 is 9.47 Å². The second-order valence-corrected chi connectivity index (χ2v) is 15.3. The van der Waals surface area contributed by atoms with Crippen molar-refractivity contribution in [3.8, 4) is 0 Å². The summed E-state index contributed by atoms with van der Waals surface area (Å²) in [6, 6.07) is 19.4. The Morgan fingerprint density at radius 3 is 1.49 bits per heavy atom. The van der Waals surface area contributed by atoms with Gasteiger partial charge in [-0.2, -0.15) is 0 Å². The molecule has 47 heavy (non-hydrogen) atoms. The van der Waals surface area contributed by atoms with Crippen LogP contribution in [0.3, 0.4) is 0 Å². The molecule has 2 saturated heterocycles. The van der Waals surface area contributed by atoms with E-state index in [9.17, 15) is 0 Å². The van der Waals surface area contributed by atoms with Gasteiger partial charge in [0.2, 0.25) is 0 Å². The van der Waals surface area contributed by atoms with Gasteiger partial charge < -0.3 is 29.1 Å². The molecule has 2 aromatic carbocycles. The first-order chi connectivity index (χ1) is 22.4. The van der Waals surface area contributed by atoms with E-state index in [1.165, 1.54) is 83.4 Å². The zero-order chi connectivity index (χ0) is 32.1. The molecule has 2 aromatic heterocycles. The average molecular weight is 681 g/mol. The van der Waals surface area contributed by atoms with Gasteiger partial charge in [0.25, 0.3) is 0 Å². The van der Waals surface area contributed by atoms with Gasteiger partial charge in [-0.1, -0.05) is 31.7 Å². The second-order valence-electron chi connectivity index (χ2n) is 13.4. The molecule has 2 aliphatic heterocycles. The number of likely N-dealkylation sites (N-methyl/N-ethyl adjacent to an activating group) is 2. The molecule has 0 radical (unpaired) electrons. The summed E-state index contributed by atoms with van der Waals surface area (Å²) in [7, 11) is 8.74. The van der Waals surface area contributed by atoms with Crippen molar-refractivity contribution in [3.63, 3.8) is 0 Å². The summed E-state index contributed by atoms with van der Waals surface area (Å²) >= 11 is 3.61. The number of benzene rings is 2. The first kappa shape index (κ1) is 37.9. The van der Waals surface area contributed by atoms with E-state index in [0.29, 0.717) is 0 Å². The van der Waals surface area contributed by atoms with Gasteiger partial charge in [-0.3, -0.25) is 0 Å².